The SMILES string of the molecule is C=CCCC(C)Nc1cnn(CC(F)F)c1. The summed E-state index contributed by atoms with van der Waals surface area (Å²) in [6, 6.07) is 0.280. The third kappa shape index (κ3) is 4.42. The van der Waals surface area contributed by atoms with Crippen LogP contribution in [0.25, 0.3) is 0 Å². The highest BCUT2D eigenvalue weighted by Gasteiger charge is 2.07. The van der Waals surface area contributed by atoms with Gasteiger partial charge < -0.3 is 5.32 Å². The summed E-state index contributed by atoms with van der Waals surface area (Å²) in [5.41, 5.74) is 0.775. The molecule has 0 aliphatic rings. The van der Waals surface area contributed by atoms with Crippen LogP contribution < -0.4 is 5.32 Å². The fourth-order valence-corrected chi connectivity index (χ4v) is 1.40. The smallest absolute Gasteiger partial charge is 0.257 e. The number of hydrogen-bond acceptors (Lipinski definition) is 2. The predicted molar refractivity (Wildman–Crippen MR) is 60.7 cm³/mol. The molecule has 1 heterocycles. The minimum absolute atomic E-state index is 0.280. The largest absolute Gasteiger partial charge is 0.380 e. The number of nitrogens with one attached hydrogen (secondary N) is 1. The van der Waals surface area contributed by atoms with E-state index in [-0.39, 0.29) is 12.6 Å². The van der Waals surface area contributed by atoms with Gasteiger partial charge in [-0.05, 0) is 19.8 Å². The van der Waals surface area contributed by atoms with Crippen molar-refractivity contribution in [2.24, 2.45) is 0 Å². The van der Waals surface area contributed by atoms with E-state index < -0.39 is 6.43 Å². The maximum Gasteiger partial charge on any atom is 0.257 e. The van der Waals surface area contributed by atoms with Crippen molar-refractivity contribution in [3.8, 4) is 0 Å². The van der Waals surface area contributed by atoms with E-state index in [1.165, 1.54) is 4.68 Å². The monoisotopic (exact) mass is 229 g/mol. The fraction of sp³-hybridized carbons (Fsp3) is 0.545. The number of alkyl halides is 2. The maximum atomic E-state index is 12.1. The lowest BCUT2D eigenvalue weighted by Crippen LogP contribution is -2.14. The molecular weight excluding hydrogens is 212 g/mol. The van der Waals surface area contributed by atoms with Crippen molar-refractivity contribution in [1.82, 2.24) is 9.78 Å². The average molecular weight is 229 g/mol. The van der Waals surface area contributed by atoms with Gasteiger partial charge in [0.1, 0.15) is 6.54 Å². The molecule has 0 saturated heterocycles. The standard InChI is InChI=1S/C11H17F2N3/c1-3-4-5-9(2)15-10-6-14-16(7-10)8-11(12)13/h3,6-7,9,11,15H,1,4-5,8H2,2H3. The van der Waals surface area contributed by atoms with Crippen molar-refractivity contribution in [3.05, 3.63) is 25.0 Å². The van der Waals surface area contributed by atoms with Gasteiger partial charge in [0.25, 0.3) is 6.43 Å². The second kappa shape index (κ2) is 6.25. The number of hydrogen-bond donors (Lipinski definition) is 1. The average Bonchev–Trinajstić information content (AvgIpc) is 2.61. The molecule has 0 aromatic carbocycles. The number of rotatable bonds is 7. The zero-order valence-corrected chi connectivity index (χ0v) is 9.37. The molecule has 0 saturated carbocycles. The van der Waals surface area contributed by atoms with E-state index >= 15 is 0 Å². The Balaban J connectivity index is 2.41. The van der Waals surface area contributed by atoms with Gasteiger partial charge >= 0.3 is 0 Å². The molecule has 0 aliphatic carbocycles. The Bertz CT molecular complexity index is 323. The molecular formula is C11H17F2N3. The third-order valence-electron chi connectivity index (χ3n) is 2.18. The normalized spacial score (nSPS) is 12.8. The van der Waals surface area contributed by atoms with E-state index in [4.69, 9.17) is 0 Å². The lowest BCUT2D eigenvalue weighted by atomic mass is 10.2. The number of anilines is 1. The van der Waals surface area contributed by atoms with E-state index in [1.54, 1.807) is 12.4 Å². The number of aromatic nitrogens is 2. The molecule has 1 aromatic heterocycles. The molecule has 1 rings (SSSR count). The van der Waals surface area contributed by atoms with Crippen LogP contribution >= 0.6 is 0 Å². The van der Waals surface area contributed by atoms with Gasteiger partial charge in [-0.25, -0.2) is 8.78 Å². The van der Waals surface area contributed by atoms with Crippen molar-refractivity contribution in [3.63, 3.8) is 0 Å². The van der Waals surface area contributed by atoms with Crippen molar-refractivity contribution < 1.29 is 8.78 Å². The van der Waals surface area contributed by atoms with E-state index in [1.807, 2.05) is 13.0 Å². The van der Waals surface area contributed by atoms with Crippen molar-refractivity contribution in [2.45, 2.75) is 38.8 Å². The quantitative estimate of drug-likeness (QED) is 0.728. The van der Waals surface area contributed by atoms with Crippen molar-refractivity contribution in [1.29, 1.82) is 0 Å². The second-order valence-electron chi connectivity index (χ2n) is 3.75. The minimum Gasteiger partial charge on any atom is -0.380 e. The highest BCUT2D eigenvalue weighted by molar-refractivity contribution is 5.39. The first-order chi connectivity index (χ1) is 7.61. The number of halogens is 2. The van der Waals surface area contributed by atoms with E-state index in [2.05, 4.69) is 17.0 Å². The molecule has 0 radical (unpaired) electrons. The summed E-state index contributed by atoms with van der Waals surface area (Å²) in [7, 11) is 0. The maximum absolute atomic E-state index is 12.1. The molecule has 3 nitrogen and oxygen atoms in total. The molecule has 0 aliphatic heterocycles. The Hall–Kier alpha value is -1.39. The minimum atomic E-state index is -2.37. The molecule has 0 spiro atoms. The molecule has 0 bridgehead atoms. The van der Waals surface area contributed by atoms with Gasteiger partial charge in [-0.2, -0.15) is 5.10 Å². The van der Waals surface area contributed by atoms with Gasteiger partial charge in [-0.15, -0.1) is 6.58 Å². The van der Waals surface area contributed by atoms with Crippen LogP contribution in [-0.2, 0) is 6.54 Å². The van der Waals surface area contributed by atoms with E-state index in [0.717, 1.165) is 18.5 Å². The zero-order valence-electron chi connectivity index (χ0n) is 9.37. The van der Waals surface area contributed by atoms with Gasteiger partial charge in [0.15, 0.2) is 0 Å². The van der Waals surface area contributed by atoms with Crippen molar-refractivity contribution >= 4 is 5.69 Å². The van der Waals surface area contributed by atoms with Crippen LogP contribution in [-0.4, -0.2) is 22.2 Å². The van der Waals surface area contributed by atoms with Crippen molar-refractivity contribution in [2.75, 3.05) is 5.32 Å². The summed E-state index contributed by atoms with van der Waals surface area (Å²) in [5.74, 6) is 0. The Kier molecular flexibility index (Phi) is 4.95. The van der Waals surface area contributed by atoms with Gasteiger partial charge in [0.2, 0.25) is 0 Å². The molecule has 16 heavy (non-hydrogen) atoms. The topological polar surface area (TPSA) is 29.9 Å². The molecule has 1 unspecified atom stereocenters. The molecule has 0 fully saturated rings. The van der Waals surface area contributed by atoms with Crippen LogP contribution in [0.2, 0.25) is 0 Å². The van der Waals surface area contributed by atoms with E-state index in [0.29, 0.717) is 0 Å². The summed E-state index contributed by atoms with van der Waals surface area (Å²) < 4.78 is 25.4. The third-order valence-corrected chi connectivity index (χ3v) is 2.18. The highest BCUT2D eigenvalue weighted by Crippen LogP contribution is 2.10. The molecule has 1 aromatic rings. The van der Waals surface area contributed by atoms with Gasteiger partial charge in [0, 0.05) is 12.2 Å². The predicted octanol–water partition coefficient (Wildman–Crippen LogP) is 2.91. The summed E-state index contributed by atoms with van der Waals surface area (Å²) in [6.45, 7) is 5.33. The summed E-state index contributed by atoms with van der Waals surface area (Å²) in [6.07, 6.45) is 4.54. The Labute approximate surface area is 94.1 Å². The van der Waals surface area contributed by atoms with Gasteiger partial charge in [0.05, 0.1) is 11.9 Å². The van der Waals surface area contributed by atoms with Crippen LogP contribution in [0.15, 0.2) is 25.0 Å². The number of allylic oxidation sites excluding steroid dienone is 1. The molecule has 5 heteroatoms. The summed E-state index contributed by atoms with van der Waals surface area (Å²) in [4.78, 5) is 0. The molecule has 0 amide bonds. The van der Waals surface area contributed by atoms with E-state index in [9.17, 15) is 8.78 Å². The number of nitrogens with zero attached hydrogens (tertiary/aromatic N) is 2. The lowest BCUT2D eigenvalue weighted by Gasteiger charge is -2.11. The Morgan fingerprint density at radius 1 is 1.62 bits per heavy atom. The second-order valence-corrected chi connectivity index (χ2v) is 3.75. The molecule has 1 N–H and O–H groups in total. The highest BCUT2D eigenvalue weighted by atomic mass is 19.3. The first-order valence-electron chi connectivity index (χ1n) is 5.30. The summed E-state index contributed by atoms with van der Waals surface area (Å²) in [5, 5.41) is 7.04. The van der Waals surface area contributed by atoms with Crippen LogP contribution in [0, 0.1) is 0 Å². The summed E-state index contributed by atoms with van der Waals surface area (Å²) >= 11 is 0. The molecule has 90 valence electrons. The van der Waals surface area contributed by atoms with Gasteiger partial charge in [-0.1, -0.05) is 6.08 Å². The molecule has 1 atom stereocenters. The van der Waals surface area contributed by atoms with Crippen LogP contribution in [0.3, 0.4) is 0 Å². The van der Waals surface area contributed by atoms with Crippen LogP contribution in [0.1, 0.15) is 19.8 Å². The lowest BCUT2D eigenvalue weighted by molar-refractivity contribution is 0.122. The Morgan fingerprint density at radius 2 is 2.38 bits per heavy atom. The van der Waals surface area contributed by atoms with Gasteiger partial charge in [-0.3, -0.25) is 4.68 Å². The van der Waals surface area contributed by atoms with Crippen LogP contribution in [0.5, 0.6) is 0 Å². The zero-order chi connectivity index (χ0) is 12.0. The first kappa shape index (κ1) is 12.7. The fourth-order valence-electron chi connectivity index (χ4n) is 1.40. The Morgan fingerprint density at radius 3 is 3.00 bits per heavy atom. The first-order valence-corrected chi connectivity index (χ1v) is 5.30. The van der Waals surface area contributed by atoms with Crippen LogP contribution in [0.4, 0.5) is 14.5 Å².